The third kappa shape index (κ3) is 2.51. The number of nitrogens with zero attached hydrogens (tertiary/aromatic N) is 5. The van der Waals surface area contributed by atoms with Crippen molar-refractivity contribution in [3.8, 4) is 5.82 Å². The number of carbonyl (C=O) groups is 1. The number of aromatic nitrogens is 3. The van der Waals surface area contributed by atoms with E-state index in [4.69, 9.17) is 5.11 Å². The zero-order valence-electron chi connectivity index (χ0n) is 10.5. The lowest BCUT2D eigenvalue weighted by Gasteiger charge is -2.01. The van der Waals surface area contributed by atoms with E-state index in [1.54, 1.807) is 6.92 Å². The van der Waals surface area contributed by atoms with Crippen LogP contribution in [0.5, 0.6) is 0 Å². The molecular weight excluding hydrogens is 286 g/mol. The summed E-state index contributed by atoms with van der Waals surface area (Å²) >= 11 is 0. The van der Waals surface area contributed by atoms with Crippen molar-refractivity contribution in [1.29, 1.82) is 0 Å². The van der Waals surface area contributed by atoms with Crippen molar-refractivity contribution in [2.75, 3.05) is 0 Å². The second-order valence-electron chi connectivity index (χ2n) is 3.98. The SMILES string of the molecule is Cc1cnc(-n2cc([N+](=O)[O-])c(C(=O)O)n2)c([N+](=O)[O-])c1. The van der Waals surface area contributed by atoms with E-state index >= 15 is 0 Å². The Labute approximate surface area is 115 Å². The fourth-order valence-corrected chi connectivity index (χ4v) is 1.62. The van der Waals surface area contributed by atoms with Crippen LogP contribution >= 0.6 is 0 Å². The van der Waals surface area contributed by atoms with Crippen LogP contribution in [0.3, 0.4) is 0 Å². The maximum Gasteiger partial charge on any atom is 0.363 e. The minimum Gasteiger partial charge on any atom is -0.476 e. The predicted molar refractivity (Wildman–Crippen MR) is 66.4 cm³/mol. The molecule has 2 aromatic rings. The van der Waals surface area contributed by atoms with Crippen LogP contribution in [0.25, 0.3) is 5.82 Å². The molecule has 108 valence electrons. The molecule has 0 saturated heterocycles. The Morgan fingerprint density at radius 2 is 1.90 bits per heavy atom. The number of aryl methyl sites for hydroxylation is 1. The first-order chi connectivity index (χ1) is 9.81. The zero-order chi connectivity index (χ0) is 15.7. The van der Waals surface area contributed by atoms with Crippen molar-refractivity contribution in [2.24, 2.45) is 0 Å². The summed E-state index contributed by atoms with van der Waals surface area (Å²) in [5.74, 6) is -1.92. The molecule has 11 nitrogen and oxygen atoms in total. The maximum atomic E-state index is 11.0. The van der Waals surface area contributed by atoms with Gasteiger partial charge in [0, 0.05) is 12.3 Å². The van der Waals surface area contributed by atoms with Crippen molar-refractivity contribution in [2.45, 2.75) is 6.92 Å². The summed E-state index contributed by atoms with van der Waals surface area (Å²) in [6.45, 7) is 1.58. The van der Waals surface area contributed by atoms with Crippen LogP contribution in [0.2, 0.25) is 0 Å². The van der Waals surface area contributed by atoms with Crippen LogP contribution in [0.15, 0.2) is 18.5 Å². The highest BCUT2D eigenvalue weighted by molar-refractivity contribution is 5.90. The van der Waals surface area contributed by atoms with E-state index in [0.717, 1.165) is 6.20 Å². The first-order valence-corrected chi connectivity index (χ1v) is 5.40. The van der Waals surface area contributed by atoms with Crippen LogP contribution in [0.1, 0.15) is 16.1 Å². The molecule has 0 aliphatic heterocycles. The fourth-order valence-electron chi connectivity index (χ4n) is 1.62. The zero-order valence-corrected chi connectivity index (χ0v) is 10.5. The predicted octanol–water partition coefficient (Wildman–Crippen LogP) is 1.09. The molecule has 0 amide bonds. The lowest BCUT2D eigenvalue weighted by molar-refractivity contribution is -0.385. The number of carboxylic acids is 1. The van der Waals surface area contributed by atoms with Crippen LogP contribution < -0.4 is 0 Å². The van der Waals surface area contributed by atoms with Crippen molar-refractivity contribution >= 4 is 17.3 Å². The monoisotopic (exact) mass is 293 g/mol. The third-order valence-corrected chi connectivity index (χ3v) is 2.49. The number of hydrogen-bond acceptors (Lipinski definition) is 7. The summed E-state index contributed by atoms with van der Waals surface area (Å²) in [5.41, 5.74) is -1.54. The number of carboxylic acid groups (broad SMARTS) is 1. The molecule has 0 aliphatic rings. The first-order valence-electron chi connectivity index (χ1n) is 5.40. The number of hydrogen-bond donors (Lipinski definition) is 1. The van der Waals surface area contributed by atoms with Crippen molar-refractivity contribution in [1.82, 2.24) is 14.8 Å². The quantitative estimate of drug-likeness (QED) is 0.648. The molecule has 11 heteroatoms. The molecule has 0 aliphatic carbocycles. The molecule has 2 heterocycles. The number of aromatic carboxylic acids is 1. The molecule has 2 rings (SSSR count). The minimum atomic E-state index is -1.62. The van der Waals surface area contributed by atoms with Gasteiger partial charge in [-0.2, -0.15) is 5.10 Å². The summed E-state index contributed by atoms with van der Waals surface area (Å²) in [6.07, 6.45) is 2.07. The second-order valence-corrected chi connectivity index (χ2v) is 3.98. The standard InChI is InChI=1S/C10H7N5O6/c1-5-2-6(14(18)19)9(11-3-5)13-4-7(15(20)21)8(12-13)10(16)17/h2-4H,1H3,(H,16,17). The van der Waals surface area contributed by atoms with Crippen LogP contribution in [0, 0.1) is 27.2 Å². The molecule has 2 aromatic heterocycles. The molecule has 0 spiro atoms. The van der Waals surface area contributed by atoms with Gasteiger partial charge in [0.25, 0.3) is 0 Å². The lowest BCUT2D eigenvalue weighted by Crippen LogP contribution is -2.06. The van der Waals surface area contributed by atoms with Crippen molar-refractivity contribution in [3.63, 3.8) is 0 Å². The molecule has 0 bridgehead atoms. The molecule has 0 unspecified atom stereocenters. The second kappa shape index (κ2) is 4.96. The Morgan fingerprint density at radius 1 is 1.29 bits per heavy atom. The Morgan fingerprint density at radius 3 is 2.38 bits per heavy atom. The van der Waals surface area contributed by atoms with E-state index in [1.165, 1.54) is 12.3 Å². The molecule has 1 N–H and O–H groups in total. The largest absolute Gasteiger partial charge is 0.476 e. The van der Waals surface area contributed by atoms with Crippen LogP contribution in [-0.2, 0) is 0 Å². The molecule has 0 radical (unpaired) electrons. The van der Waals surface area contributed by atoms with Gasteiger partial charge in [0.2, 0.25) is 11.5 Å². The first kappa shape index (κ1) is 14.0. The highest BCUT2D eigenvalue weighted by Gasteiger charge is 2.28. The summed E-state index contributed by atoms with van der Waals surface area (Å²) in [5, 5.41) is 34.1. The van der Waals surface area contributed by atoms with Gasteiger partial charge >= 0.3 is 17.3 Å². The summed E-state index contributed by atoms with van der Waals surface area (Å²) in [7, 11) is 0. The molecular formula is C10H7N5O6. The minimum absolute atomic E-state index is 0.304. The Kier molecular flexibility index (Phi) is 3.32. The highest BCUT2D eigenvalue weighted by Crippen LogP contribution is 2.24. The Balaban J connectivity index is 2.68. The van der Waals surface area contributed by atoms with Gasteiger partial charge in [0.05, 0.1) is 9.85 Å². The Hall–Kier alpha value is -3.37. The summed E-state index contributed by atoms with van der Waals surface area (Å²) in [4.78, 5) is 34.8. The van der Waals surface area contributed by atoms with Gasteiger partial charge in [-0.05, 0) is 12.5 Å². The van der Waals surface area contributed by atoms with E-state index in [9.17, 15) is 25.0 Å². The molecule has 0 saturated carbocycles. The van der Waals surface area contributed by atoms with Crippen molar-refractivity contribution in [3.05, 3.63) is 49.9 Å². The normalized spacial score (nSPS) is 10.3. The number of nitro groups is 2. The number of rotatable bonds is 4. The van der Waals surface area contributed by atoms with E-state index in [2.05, 4.69) is 10.1 Å². The number of pyridine rings is 1. The lowest BCUT2D eigenvalue weighted by atomic mass is 10.3. The fraction of sp³-hybridized carbons (Fsp3) is 0.100. The van der Waals surface area contributed by atoms with Gasteiger partial charge < -0.3 is 5.11 Å². The van der Waals surface area contributed by atoms with E-state index in [-0.39, 0.29) is 5.82 Å². The average molecular weight is 293 g/mol. The molecule has 0 fully saturated rings. The molecule has 0 atom stereocenters. The Bertz CT molecular complexity index is 736. The molecule has 21 heavy (non-hydrogen) atoms. The summed E-state index contributed by atoms with van der Waals surface area (Å²) < 4.78 is 0.707. The van der Waals surface area contributed by atoms with Crippen molar-refractivity contribution < 1.29 is 19.7 Å². The van der Waals surface area contributed by atoms with Gasteiger partial charge in [0.15, 0.2) is 0 Å². The maximum absolute atomic E-state index is 11.0. The van der Waals surface area contributed by atoms with E-state index in [1.807, 2.05) is 0 Å². The average Bonchev–Trinajstić information content (AvgIpc) is 2.83. The smallest absolute Gasteiger partial charge is 0.363 e. The van der Waals surface area contributed by atoms with Crippen LogP contribution in [0.4, 0.5) is 11.4 Å². The molecule has 0 aromatic carbocycles. The van der Waals surface area contributed by atoms with E-state index < -0.39 is 32.9 Å². The van der Waals surface area contributed by atoms with Gasteiger partial charge in [-0.1, -0.05) is 0 Å². The van der Waals surface area contributed by atoms with Gasteiger partial charge in [-0.25, -0.2) is 14.5 Å². The highest BCUT2D eigenvalue weighted by atomic mass is 16.6. The van der Waals surface area contributed by atoms with Gasteiger partial charge in [-0.15, -0.1) is 0 Å². The van der Waals surface area contributed by atoms with Crippen LogP contribution in [-0.4, -0.2) is 35.7 Å². The van der Waals surface area contributed by atoms with Gasteiger partial charge in [-0.3, -0.25) is 20.2 Å². The topological polar surface area (TPSA) is 154 Å². The van der Waals surface area contributed by atoms with E-state index in [0.29, 0.717) is 10.2 Å². The summed E-state index contributed by atoms with van der Waals surface area (Å²) in [6, 6.07) is 1.20. The third-order valence-electron chi connectivity index (χ3n) is 2.49. The van der Waals surface area contributed by atoms with Gasteiger partial charge in [0.1, 0.15) is 6.20 Å².